The summed E-state index contributed by atoms with van der Waals surface area (Å²) in [6, 6.07) is 4.77. The van der Waals surface area contributed by atoms with Crippen LogP contribution in [0.5, 0.6) is 5.75 Å². The van der Waals surface area contributed by atoms with Gasteiger partial charge in [-0.2, -0.15) is 0 Å². The van der Waals surface area contributed by atoms with Crippen molar-refractivity contribution in [2.45, 2.75) is 51.0 Å². The maximum atomic E-state index is 13.7. The first-order chi connectivity index (χ1) is 9.22. The number of hydrogen-bond donors (Lipinski definition) is 1. The first kappa shape index (κ1) is 14.3. The third kappa shape index (κ3) is 3.69. The van der Waals surface area contributed by atoms with Gasteiger partial charge in [0.25, 0.3) is 0 Å². The van der Waals surface area contributed by atoms with Gasteiger partial charge in [0.1, 0.15) is 0 Å². The molecule has 0 heterocycles. The number of rotatable bonds is 3. The average Bonchev–Trinajstić information content (AvgIpc) is 2.37. The molecule has 1 unspecified atom stereocenters. The fourth-order valence-electron chi connectivity index (χ4n) is 2.94. The molecule has 1 atom stereocenters. The van der Waals surface area contributed by atoms with E-state index in [4.69, 9.17) is 4.74 Å². The van der Waals surface area contributed by atoms with Crippen molar-refractivity contribution in [2.75, 3.05) is 7.11 Å². The molecule has 0 spiro atoms. The molecular formula is C16H23FO2. The third-order valence-electron chi connectivity index (χ3n) is 4.11. The van der Waals surface area contributed by atoms with E-state index in [2.05, 4.69) is 0 Å². The number of ether oxygens (including phenoxy) is 1. The van der Waals surface area contributed by atoms with Crippen LogP contribution in [-0.4, -0.2) is 12.2 Å². The normalized spacial score (nSPS) is 19.5. The molecule has 1 aromatic rings. The number of aliphatic hydroxyl groups is 1. The summed E-state index contributed by atoms with van der Waals surface area (Å²) in [7, 11) is 1.45. The maximum Gasteiger partial charge on any atom is 0.165 e. The van der Waals surface area contributed by atoms with Crippen molar-refractivity contribution in [3.8, 4) is 5.75 Å². The highest BCUT2D eigenvalue weighted by Crippen LogP contribution is 2.34. The largest absolute Gasteiger partial charge is 0.494 e. The van der Waals surface area contributed by atoms with Crippen LogP contribution >= 0.6 is 0 Å². The minimum Gasteiger partial charge on any atom is -0.494 e. The second-order valence-corrected chi connectivity index (χ2v) is 5.44. The van der Waals surface area contributed by atoms with Crippen LogP contribution in [0.2, 0.25) is 0 Å². The molecule has 0 aliphatic heterocycles. The van der Waals surface area contributed by atoms with Gasteiger partial charge in [-0.25, -0.2) is 4.39 Å². The molecule has 1 saturated carbocycles. The van der Waals surface area contributed by atoms with E-state index in [0.717, 1.165) is 12.8 Å². The predicted octanol–water partition coefficient (Wildman–Crippen LogP) is 4.23. The van der Waals surface area contributed by atoms with E-state index in [1.54, 1.807) is 12.1 Å². The third-order valence-corrected chi connectivity index (χ3v) is 4.11. The fraction of sp³-hybridized carbons (Fsp3) is 0.625. The summed E-state index contributed by atoms with van der Waals surface area (Å²) in [5.74, 6) is 0.0894. The molecule has 0 saturated heterocycles. The minimum absolute atomic E-state index is 0.230. The van der Waals surface area contributed by atoms with Crippen molar-refractivity contribution in [3.05, 3.63) is 29.6 Å². The van der Waals surface area contributed by atoms with Crippen molar-refractivity contribution in [2.24, 2.45) is 5.92 Å². The molecule has 0 amide bonds. The Morgan fingerprint density at radius 2 is 1.79 bits per heavy atom. The molecule has 1 aliphatic rings. The van der Waals surface area contributed by atoms with Crippen molar-refractivity contribution in [1.29, 1.82) is 0 Å². The highest BCUT2D eigenvalue weighted by atomic mass is 19.1. The Balaban J connectivity index is 2.08. The van der Waals surface area contributed by atoms with Crippen LogP contribution in [-0.2, 0) is 0 Å². The number of benzene rings is 1. The predicted molar refractivity (Wildman–Crippen MR) is 73.7 cm³/mol. The van der Waals surface area contributed by atoms with E-state index < -0.39 is 11.9 Å². The molecule has 0 aromatic heterocycles. The molecule has 1 N–H and O–H groups in total. The van der Waals surface area contributed by atoms with E-state index in [1.807, 2.05) is 0 Å². The summed E-state index contributed by atoms with van der Waals surface area (Å²) in [5, 5.41) is 10.4. The van der Waals surface area contributed by atoms with Crippen LogP contribution in [0.25, 0.3) is 0 Å². The van der Waals surface area contributed by atoms with E-state index in [0.29, 0.717) is 5.56 Å². The standard InChI is InChI=1S/C16H23FO2/c1-19-15-10-9-13(11-14(15)17)16(18)12-7-5-3-2-4-6-8-12/h9-12,16,18H,2-8H2,1H3. The quantitative estimate of drug-likeness (QED) is 0.887. The Morgan fingerprint density at radius 3 is 2.37 bits per heavy atom. The molecule has 2 rings (SSSR count). The Hall–Kier alpha value is -1.09. The highest BCUT2D eigenvalue weighted by molar-refractivity contribution is 5.30. The van der Waals surface area contributed by atoms with Gasteiger partial charge in [0.15, 0.2) is 11.6 Å². The molecule has 1 aromatic carbocycles. The molecule has 3 heteroatoms. The first-order valence-electron chi connectivity index (χ1n) is 7.24. The lowest BCUT2D eigenvalue weighted by molar-refractivity contribution is 0.0909. The second kappa shape index (κ2) is 6.90. The van der Waals surface area contributed by atoms with Crippen LogP contribution in [0.1, 0.15) is 56.6 Å². The van der Waals surface area contributed by atoms with E-state index >= 15 is 0 Å². The van der Waals surface area contributed by atoms with Gasteiger partial charge in [0.2, 0.25) is 0 Å². The van der Waals surface area contributed by atoms with Gasteiger partial charge < -0.3 is 9.84 Å². The van der Waals surface area contributed by atoms with Crippen molar-refractivity contribution in [1.82, 2.24) is 0 Å². The zero-order valence-corrected chi connectivity index (χ0v) is 11.6. The highest BCUT2D eigenvalue weighted by Gasteiger charge is 2.22. The first-order valence-corrected chi connectivity index (χ1v) is 7.24. The smallest absolute Gasteiger partial charge is 0.165 e. The lowest BCUT2D eigenvalue weighted by atomic mass is 9.84. The topological polar surface area (TPSA) is 29.5 Å². The second-order valence-electron chi connectivity index (χ2n) is 5.44. The fourth-order valence-corrected chi connectivity index (χ4v) is 2.94. The Bertz CT molecular complexity index is 398. The van der Waals surface area contributed by atoms with Crippen LogP contribution in [0.3, 0.4) is 0 Å². The lowest BCUT2D eigenvalue weighted by Crippen LogP contribution is -2.14. The lowest BCUT2D eigenvalue weighted by Gasteiger charge is -2.25. The SMILES string of the molecule is COc1ccc(C(O)C2CCCCCCC2)cc1F. The Labute approximate surface area is 114 Å². The van der Waals surface area contributed by atoms with Gasteiger partial charge in [-0.05, 0) is 36.5 Å². The molecule has 2 nitrogen and oxygen atoms in total. The number of halogens is 1. The van der Waals surface area contributed by atoms with E-state index in [-0.39, 0.29) is 11.7 Å². The zero-order chi connectivity index (χ0) is 13.7. The van der Waals surface area contributed by atoms with Crippen LogP contribution in [0.4, 0.5) is 4.39 Å². The Morgan fingerprint density at radius 1 is 1.16 bits per heavy atom. The van der Waals surface area contributed by atoms with E-state index in [1.165, 1.54) is 45.3 Å². The molecule has 19 heavy (non-hydrogen) atoms. The van der Waals surface area contributed by atoms with Gasteiger partial charge in [-0.15, -0.1) is 0 Å². The summed E-state index contributed by atoms with van der Waals surface area (Å²) in [6.07, 6.45) is 7.66. The van der Waals surface area contributed by atoms with Crippen LogP contribution < -0.4 is 4.74 Å². The van der Waals surface area contributed by atoms with Gasteiger partial charge in [0.05, 0.1) is 13.2 Å². The summed E-state index contributed by atoms with van der Waals surface area (Å²) in [5.41, 5.74) is 0.670. The van der Waals surface area contributed by atoms with Gasteiger partial charge in [-0.1, -0.05) is 38.2 Å². The maximum absolute atomic E-state index is 13.7. The Kier molecular flexibility index (Phi) is 5.20. The van der Waals surface area contributed by atoms with Crippen LogP contribution in [0, 0.1) is 11.7 Å². The summed E-state index contributed by atoms with van der Waals surface area (Å²) < 4.78 is 18.6. The van der Waals surface area contributed by atoms with Crippen LogP contribution in [0.15, 0.2) is 18.2 Å². The molecule has 0 bridgehead atoms. The summed E-state index contributed by atoms with van der Waals surface area (Å²) in [6.45, 7) is 0. The monoisotopic (exact) mass is 266 g/mol. The molecule has 1 aliphatic carbocycles. The van der Waals surface area contributed by atoms with Crippen molar-refractivity contribution in [3.63, 3.8) is 0 Å². The number of aliphatic hydroxyl groups excluding tert-OH is 1. The van der Waals surface area contributed by atoms with Gasteiger partial charge in [-0.3, -0.25) is 0 Å². The van der Waals surface area contributed by atoms with Gasteiger partial charge >= 0.3 is 0 Å². The summed E-state index contributed by atoms with van der Waals surface area (Å²) >= 11 is 0. The summed E-state index contributed by atoms with van der Waals surface area (Å²) in [4.78, 5) is 0. The van der Waals surface area contributed by atoms with Gasteiger partial charge in [0, 0.05) is 0 Å². The molecule has 106 valence electrons. The molecule has 1 fully saturated rings. The van der Waals surface area contributed by atoms with Crippen molar-refractivity contribution < 1.29 is 14.2 Å². The number of hydrogen-bond acceptors (Lipinski definition) is 2. The zero-order valence-electron chi connectivity index (χ0n) is 11.6. The average molecular weight is 266 g/mol. The molecule has 0 radical (unpaired) electrons. The minimum atomic E-state index is -0.557. The number of methoxy groups -OCH3 is 1. The molecular weight excluding hydrogens is 243 g/mol. The van der Waals surface area contributed by atoms with E-state index in [9.17, 15) is 9.50 Å². The van der Waals surface area contributed by atoms with Crippen molar-refractivity contribution >= 4 is 0 Å².